The van der Waals surface area contributed by atoms with Crippen molar-refractivity contribution in [3.63, 3.8) is 0 Å². The van der Waals surface area contributed by atoms with E-state index in [2.05, 4.69) is 6.07 Å². The standard InChI is InChI=1S/C23H22N2O4/c1-17-23(29-16-19-5-3-18(15-24)4-6-19)22(26)11-12-25(17)13-14-28-21-9-7-20(27-2)8-10-21/h3-12H,13-14,16H2,1-2H3. The quantitative estimate of drug-likeness (QED) is 0.586. The van der Waals surface area contributed by atoms with Crippen molar-refractivity contribution in [3.05, 3.63) is 87.8 Å². The SMILES string of the molecule is COc1ccc(OCCn2ccc(=O)c(OCc3ccc(C#N)cc3)c2C)cc1. The Morgan fingerprint density at radius 1 is 0.966 bits per heavy atom. The molecule has 0 atom stereocenters. The maximum Gasteiger partial charge on any atom is 0.223 e. The lowest BCUT2D eigenvalue weighted by Gasteiger charge is -2.15. The van der Waals surface area contributed by atoms with Crippen LogP contribution in [0.25, 0.3) is 0 Å². The van der Waals surface area contributed by atoms with E-state index in [0.717, 1.165) is 22.8 Å². The van der Waals surface area contributed by atoms with Crippen molar-refractivity contribution >= 4 is 0 Å². The third-order valence-corrected chi connectivity index (χ3v) is 4.52. The molecule has 29 heavy (non-hydrogen) atoms. The van der Waals surface area contributed by atoms with Crippen LogP contribution in [0.2, 0.25) is 0 Å². The Morgan fingerprint density at radius 3 is 2.31 bits per heavy atom. The Balaban J connectivity index is 1.62. The molecule has 0 aliphatic carbocycles. The maximum absolute atomic E-state index is 12.2. The lowest BCUT2D eigenvalue weighted by Crippen LogP contribution is -2.17. The van der Waals surface area contributed by atoms with Gasteiger partial charge in [-0.25, -0.2) is 0 Å². The molecule has 148 valence electrons. The zero-order valence-corrected chi connectivity index (χ0v) is 16.4. The number of benzene rings is 2. The van der Waals surface area contributed by atoms with E-state index in [1.807, 2.05) is 47.9 Å². The average Bonchev–Trinajstić information content (AvgIpc) is 2.76. The first-order chi connectivity index (χ1) is 14.1. The highest BCUT2D eigenvalue weighted by Gasteiger charge is 2.09. The van der Waals surface area contributed by atoms with E-state index in [4.69, 9.17) is 19.5 Å². The summed E-state index contributed by atoms with van der Waals surface area (Å²) in [5.74, 6) is 1.85. The third-order valence-electron chi connectivity index (χ3n) is 4.52. The summed E-state index contributed by atoms with van der Waals surface area (Å²) < 4.78 is 18.6. The van der Waals surface area contributed by atoms with E-state index in [1.165, 1.54) is 6.07 Å². The van der Waals surface area contributed by atoms with Crippen molar-refractivity contribution in [1.29, 1.82) is 5.26 Å². The van der Waals surface area contributed by atoms with Gasteiger partial charge in [0.2, 0.25) is 5.43 Å². The van der Waals surface area contributed by atoms with E-state index >= 15 is 0 Å². The molecule has 0 fully saturated rings. The summed E-state index contributed by atoms with van der Waals surface area (Å²) in [6.45, 7) is 3.13. The first-order valence-electron chi connectivity index (χ1n) is 9.19. The van der Waals surface area contributed by atoms with Gasteiger partial charge in [0.15, 0.2) is 5.75 Å². The number of nitrogens with zero attached hydrogens (tertiary/aromatic N) is 2. The van der Waals surface area contributed by atoms with Gasteiger partial charge in [0.05, 0.1) is 31.0 Å². The minimum Gasteiger partial charge on any atom is -0.497 e. The van der Waals surface area contributed by atoms with Gasteiger partial charge in [0, 0.05) is 12.3 Å². The Bertz CT molecular complexity index is 1050. The van der Waals surface area contributed by atoms with Gasteiger partial charge in [0.25, 0.3) is 0 Å². The first-order valence-corrected chi connectivity index (χ1v) is 9.19. The van der Waals surface area contributed by atoms with Gasteiger partial charge >= 0.3 is 0 Å². The van der Waals surface area contributed by atoms with Gasteiger partial charge in [-0.15, -0.1) is 0 Å². The summed E-state index contributed by atoms with van der Waals surface area (Å²) in [7, 11) is 1.62. The molecule has 6 heteroatoms. The van der Waals surface area contributed by atoms with Gasteiger partial charge in [0.1, 0.15) is 24.7 Å². The summed E-state index contributed by atoms with van der Waals surface area (Å²) in [6.07, 6.45) is 1.74. The molecule has 0 spiro atoms. The van der Waals surface area contributed by atoms with E-state index in [0.29, 0.717) is 24.5 Å². The molecule has 0 amide bonds. The number of hydrogen-bond acceptors (Lipinski definition) is 5. The van der Waals surface area contributed by atoms with Crippen molar-refractivity contribution in [1.82, 2.24) is 4.57 Å². The van der Waals surface area contributed by atoms with E-state index in [9.17, 15) is 4.79 Å². The molecule has 3 aromatic rings. The number of nitriles is 1. The highest BCUT2D eigenvalue weighted by molar-refractivity contribution is 5.33. The number of ether oxygens (including phenoxy) is 3. The van der Waals surface area contributed by atoms with Crippen molar-refractivity contribution in [2.24, 2.45) is 0 Å². The second-order valence-electron chi connectivity index (χ2n) is 6.41. The van der Waals surface area contributed by atoms with Gasteiger partial charge in [-0.05, 0) is 48.9 Å². The fraction of sp³-hybridized carbons (Fsp3) is 0.217. The van der Waals surface area contributed by atoms with Crippen molar-refractivity contribution < 1.29 is 14.2 Å². The van der Waals surface area contributed by atoms with E-state index in [-0.39, 0.29) is 12.0 Å². The van der Waals surface area contributed by atoms with Crippen LogP contribution in [0, 0.1) is 18.3 Å². The molecule has 0 saturated heterocycles. The van der Waals surface area contributed by atoms with Crippen LogP contribution in [0.1, 0.15) is 16.8 Å². The van der Waals surface area contributed by atoms with Gasteiger partial charge in [-0.3, -0.25) is 4.79 Å². The summed E-state index contributed by atoms with van der Waals surface area (Å²) in [5, 5.41) is 8.87. The fourth-order valence-electron chi connectivity index (χ4n) is 2.84. The van der Waals surface area contributed by atoms with Crippen LogP contribution in [0.4, 0.5) is 0 Å². The molecule has 0 saturated carbocycles. The summed E-state index contributed by atoms with van der Waals surface area (Å²) >= 11 is 0. The molecule has 1 aromatic heterocycles. The molecule has 6 nitrogen and oxygen atoms in total. The fourth-order valence-corrected chi connectivity index (χ4v) is 2.84. The second-order valence-corrected chi connectivity index (χ2v) is 6.41. The zero-order chi connectivity index (χ0) is 20.6. The Kier molecular flexibility index (Phi) is 6.54. The zero-order valence-electron chi connectivity index (χ0n) is 16.4. The van der Waals surface area contributed by atoms with Crippen LogP contribution in [0.3, 0.4) is 0 Å². The highest BCUT2D eigenvalue weighted by Crippen LogP contribution is 2.18. The lowest BCUT2D eigenvalue weighted by molar-refractivity contribution is 0.283. The minimum absolute atomic E-state index is 0.163. The molecular weight excluding hydrogens is 368 g/mol. The Hall–Kier alpha value is -3.72. The normalized spacial score (nSPS) is 10.2. The minimum atomic E-state index is -0.163. The molecule has 0 radical (unpaired) electrons. The molecule has 0 unspecified atom stereocenters. The number of pyridine rings is 1. The van der Waals surface area contributed by atoms with Crippen LogP contribution in [0.15, 0.2) is 65.6 Å². The third kappa shape index (κ3) is 5.17. The molecule has 0 N–H and O–H groups in total. The predicted octanol–water partition coefficient (Wildman–Crippen LogP) is 3.70. The smallest absolute Gasteiger partial charge is 0.223 e. The van der Waals surface area contributed by atoms with Gasteiger partial charge in [-0.1, -0.05) is 12.1 Å². The second kappa shape index (κ2) is 9.47. The Morgan fingerprint density at radius 2 is 1.66 bits per heavy atom. The summed E-state index contributed by atoms with van der Waals surface area (Å²) in [6, 6.07) is 18.0. The maximum atomic E-state index is 12.2. The number of aromatic nitrogens is 1. The molecular formula is C23H22N2O4. The van der Waals surface area contributed by atoms with Crippen LogP contribution < -0.4 is 19.6 Å². The van der Waals surface area contributed by atoms with Gasteiger partial charge in [-0.2, -0.15) is 5.26 Å². The summed E-state index contributed by atoms with van der Waals surface area (Å²) in [5.41, 5.74) is 2.05. The molecule has 0 aliphatic heterocycles. The van der Waals surface area contributed by atoms with Crippen molar-refractivity contribution in [2.75, 3.05) is 13.7 Å². The first kappa shape index (κ1) is 20.0. The van der Waals surface area contributed by atoms with Crippen molar-refractivity contribution in [3.8, 4) is 23.3 Å². The monoisotopic (exact) mass is 390 g/mol. The van der Waals surface area contributed by atoms with Crippen LogP contribution in [0.5, 0.6) is 17.2 Å². The molecule has 2 aromatic carbocycles. The predicted molar refractivity (Wildman–Crippen MR) is 109 cm³/mol. The molecule has 3 rings (SSSR count). The topological polar surface area (TPSA) is 73.5 Å². The largest absolute Gasteiger partial charge is 0.497 e. The van der Waals surface area contributed by atoms with E-state index in [1.54, 1.807) is 25.4 Å². The molecule has 1 heterocycles. The van der Waals surface area contributed by atoms with Crippen LogP contribution in [-0.2, 0) is 13.2 Å². The number of methoxy groups -OCH3 is 1. The lowest BCUT2D eigenvalue weighted by atomic mass is 10.1. The van der Waals surface area contributed by atoms with E-state index < -0.39 is 0 Å². The average molecular weight is 390 g/mol. The van der Waals surface area contributed by atoms with Crippen LogP contribution in [-0.4, -0.2) is 18.3 Å². The molecule has 0 bridgehead atoms. The molecule has 0 aliphatic rings. The van der Waals surface area contributed by atoms with Gasteiger partial charge < -0.3 is 18.8 Å². The number of rotatable bonds is 8. The number of hydrogen-bond donors (Lipinski definition) is 0. The van der Waals surface area contributed by atoms with Crippen LogP contribution >= 0.6 is 0 Å². The highest BCUT2D eigenvalue weighted by atomic mass is 16.5. The Labute approximate surface area is 169 Å². The van der Waals surface area contributed by atoms with Crippen molar-refractivity contribution in [2.45, 2.75) is 20.1 Å². The summed E-state index contributed by atoms with van der Waals surface area (Å²) in [4.78, 5) is 12.2.